The molecule has 0 heterocycles. The monoisotopic (exact) mass is 946 g/mol. The molecule has 0 spiro atoms. The normalized spacial score (nSPS) is 12.7. The maximum Gasteiger partial charge on any atom is 0.296 e. The first-order valence-electron chi connectivity index (χ1n) is 17.0. The van der Waals surface area contributed by atoms with Gasteiger partial charge in [0.1, 0.15) is 44.0 Å². The van der Waals surface area contributed by atoms with E-state index in [1.807, 2.05) is 0 Å². The van der Waals surface area contributed by atoms with Gasteiger partial charge in [-0.2, -0.15) is 33.7 Å². The van der Waals surface area contributed by atoms with Gasteiger partial charge in [0, 0.05) is 23.4 Å². The molecule has 1 amide bonds. The first kappa shape index (κ1) is 45.7. The molecule has 6 aromatic rings. The molecule has 9 N–H and O–H groups in total. The number of aromatic hydroxyl groups is 2. The molecule has 63 heavy (non-hydrogen) atoms. The minimum absolute atomic E-state index is 0.0249. The van der Waals surface area contributed by atoms with Gasteiger partial charge in [0.15, 0.2) is 11.5 Å². The van der Waals surface area contributed by atoms with Crippen LogP contribution in [0.2, 0.25) is 0 Å². The Kier molecular flexibility index (Phi) is 11.9. The molecule has 0 atom stereocenters. The van der Waals surface area contributed by atoms with Crippen molar-refractivity contribution in [1.29, 1.82) is 0 Å². The van der Waals surface area contributed by atoms with Gasteiger partial charge in [0.25, 0.3) is 40.5 Å². The molecule has 0 saturated carbocycles. The van der Waals surface area contributed by atoms with Gasteiger partial charge in [-0.3, -0.25) is 23.0 Å². The van der Waals surface area contributed by atoms with Crippen molar-refractivity contribution in [1.82, 2.24) is 0 Å². The molecule has 0 aliphatic rings. The number of phenols is 2. The molecule has 6 aromatic carbocycles. The van der Waals surface area contributed by atoms with Crippen molar-refractivity contribution in [2.45, 2.75) is 26.5 Å². The minimum atomic E-state index is -5.20. The fourth-order valence-electron chi connectivity index (χ4n) is 6.21. The van der Waals surface area contributed by atoms with E-state index >= 15 is 0 Å². The Morgan fingerprint density at radius 3 is 1.38 bits per heavy atom. The molecule has 0 aromatic heterocycles. The third-order valence-corrected chi connectivity index (χ3v) is 12.3. The number of phenolic OH excluding ortho intramolecular Hbond substituents is 2. The minimum Gasteiger partial charge on any atom is -0.505 e. The zero-order valence-corrected chi connectivity index (χ0v) is 35.4. The highest BCUT2D eigenvalue weighted by Crippen LogP contribution is 2.47. The first-order valence-corrected chi connectivity index (χ1v) is 22.8. The first-order chi connectivity index (χ1) is 29.2. The highest BCUT2D eigenvalue weighted by molar-refractivity contribution is 7.86. The summed E-state index contributed by atoms with van der Waals surface area (Å²) in [5.74, 6) is -2.54. The van der Waals surface area contributed by atoms with E-state index in [9.17, 15) is 66.9 Å². The lowest BCUT2D eigenvalue weighted by Crippen LogP contribution is -2.08. The summed E-state index contributed by atoms with van der Waals surface area (Å²) in [7, 11) is -17.6. The molecule has 330 valence electrons. The van der Waals surface area contributed by atoms with Crippen LogP contribution in [0.15, 0.2) is 113 Å². The second kappa shape index (κ2) is 16.4. The number of nitrogens with one attached hydrogen (secondary N) is 1. The van der Waals surface area contributed by atoms with Crippen LogP contribution >= 0.6 is 0 Å². The summed E-state index contributed by atoms with van der Waals surface area (Å²) in [5.41, 5.74) is 4.35. The van der Waals surface area contributed by atoms with Crippen LogP contribution in [0.3, 0.4) is 0 Å². The number of methoxy groups -OCH3 is 2. The zero-order chi connectivity index (χ0) is 46.6. The molecule has 0 radical (unpaired) electrons. The highest BCUT2D eigenvalue weighted by atomic mass is 32.2. The number of carbonyl (C=O) groups is 1. The summed E-state index contributed by atoms with van der Waals surface area (Å²) in [6.45, 7) is 1.06. The quantitative estimate of drug-likeness (QED) is 0.0371. The van der Waals surface area contributed by atoms with Gasteiger partial charge >= 0.3 is 0 Å². The molecule has 0 fully saturated rings. The van der Waals surface area contributed by atoms with Crippen molar-refractivity contribution in [2.75, 3.05) is 25.3 Å². The number of nitrogen functional groups attached to an aromatic ring is 1. The number of anilines is 2. The number of nitrogens with zero attached hydrogens (tertiary/aromatic N) is 4. The third kappa shape index (κ3) is 9.34. The number of azo groups is 2. The number of nitrogens with two attached hydrogens (primary N) is 1. The van der Waals surface area contributed by atoms with Gasteiger partial charge in [0.05, 0.1) is 29.7 Å². The predicted molar refractivity (Wildman–Crippen MR) is 223 cm³/mol. The fraction of sp³-hybridized carbons (Fsp3) is 0.0833. The number of benzene rings is 6. The van der Waals surface area contributed by atoms with Crippen LogP contribution in [0.4, 0.5) is 34.1 Å². The molecular formula is C36H30N6O17S4. The van der Waals surface area contributed by atoms with Gasteiger partial charge in [-0.25, -0.2) is 0 Å². The van der Waals surface area contributed by atoms with E-state index in [1.54, 1.807) is 0 Å². The van der Waals surface area contributed by atoms with Crippen molar-refractivity contribution in [3.8, 4) is 34.1 Å². The Morgan fingerprint density at radius 1 is 0.571 bits per heavy atom. The molecule has 0 saturated heterocycles. The van der Waals surface area contributed by atoms with Crippen molar-refractivity contribution in [3.05, 3.63) is 72.8 Å². The number of hydrogen-bond donors (Lipinski definition) is 8. The molecule has 27 heteroatoms. The maximum atomic E-state index is 12.5. The van der Waals surface area contributed by atoms with Crippen LogP contribution in [0, 0.1) is 0 Å². The number of rotatable bonds is 12. The summed E-state index contributed by atoms with van der Waals surface area (Å²) in [6.07, 6.45) is 0. The Labute approximate surface area is 356 Å². The van der Waals surface area contributed by atoms with Gasteiger partial charge in [-0.05, 0) is 82.6 Å². The van der Waals surface area contributed by atoms with Crippen LogP contribution in [0.1, 0.15) is 6.92 Å². The van der Waals surface area contributed by atoms with Gasteiger partial charge in [0.2, 0.25) is 5.91 Å². The highest BCUT2D eigenvalue weighted by Gasteiger charge is 2.27. The number of amides is 1. The van der Waals surface area contributed by atoms with Crippen LogP contribution < -0.4 is 20.5 Å². The lowest BCUT2D eigenvalue weighted by molar-refractivity contribution is -0.114. The fourth-order valence-corrected chi connectivity index (χ4v) is 8.62. The molecule has 0 aliphatic carbocycles. The van der Waals surface area contributed by atoms with Crippen LogP contribution in [0.25, 0.3) is 32.7 Å². The average molecular weight is 947 g/mol. The SMILES string of the molecule is COc1cc(-c2ccc(N=Nc3c(S(=O)(=O)O)cc4cc(S(=O)(=O)O)cc(NC(C)=O)c4c3O)c(OC)c2)ccc1N=Nc1c(S(=O)(=O)O)cc2cc(S(=O)(=O)O)cc(N)c2c1O. The van der Waals surface area contributed by atoms with E-state index in [4.69, 9.17) is 15.2 Å². The summed E-state index contributed by atoms with van der Waals surface area (Å²) in [6, 6.07) is 13.4. The topological polar surface area (TPSA) is 381 Å². The van der Waals surface area contributed by atoms with E-state index in [2.05, 4.69) is 25.8 Å². The van der Waals surface area contributed by atoms with E-state index in [-0.39, 0.29) is 50.1 Å². The van der Waals surface area contributed by atoms with Gasteiger partial charge in [-0.1, -0.05) is 12.1 Å². The summed E-state index contributed by atoms with van der Waals surface area (Å²) in [5, 5.41) is 39.1. The lowest BCUT2D eigenvalue weighted by atomic mass is 10.0. The largest absolute Gasteiger partial charge is 0.505 e. The number of carbonyl (C=O) groups excluding carboxylic acids is 1. The Balaban J connectivity index is 1.40. The van der Waals surface area contributed by atoms with Crippen LogP contribution in [-0.2, 0) is 45.3 Å². The molecule has 0 bridgehead atoms. The van der Waals surface area contributed by atoms with E-state index in [0.29, 0.717) is 11.1 Å². The Hall–Kier alpha value is -6.85. The van der Waals surface area contributed by atoms with Gasteiger partial charge < -0.3 is 30.7 Å². The second-order valence-corrected chi connectivity index (χ2v) is 18.7. The average Bonchev–Trinajstić information content (AvgIpc) is 3.17. The number of hydrogen-bond acceptors (Lipinski definition) is 18. The second-order valence-electron chi connectivity index (χ2n) is 13.1. The predicted octanol–water partition coefficient (Wildman–Crippen LogP) is 6.45. The molecular weight excluding hydrogens is 917 g/mol. The van der Waals surface area contributed by atoms with Crippen molar-refractivity contribution < 1.29 is 76.4 Å². The molecule has 6 rings (SSSR count). The zero-order valence-electron chi connectivity index (χ0n) is 32.1. The van der Waals surface area contributed by atoms with Crippen LogP contribution in [0.5, 0.6) is 23.0 Å². The number of fused-ring (bicyclic) bond motifs is 2. The summed E-state index contributed by atoms with van der Waals surface area (Å²) >= 11 is 0. The summed E-state index contributed by atoms with van der Waals surface area (Å²) in [4.78, 5) is 8.43. The van der Waals surface area contributed by atoms with Crippen molar-refractivity contribution in [2.24, 2.45) is 20.5 Å². The van der Waals surface area contributed by atoms with Crippen molar-refractivity contribution in [3.63, 3.8) is 0 Å². The third-order valence-electron chi connectivity index (χ3n) is 8.95. The molecule has 0 aliphatic heterocycles. The van der Waals surface area contributed by atoms with Gasteiger partial charge in [-0.15, -0.1) is 20.5 Å². The van der Waals surface area contributed by atoms with E-state index in [1.165, 1.54) is 50.6 Å². The van der Waals surface area contributed by atoms with E-state index in [0.717, 1.165) is 43.3 Å². The molecule has 0 unspecified atom stereocenters. The van der Waals surface area contributed by atoms with Crippen molar-refractivity contribution >= 4 is 102 Å². The standard InChI is InChI=1S/C36H30N6O17S4/c1-16(43)38-26-15-22(61(49,50)51)9-20-13-30(63(55,56)57)34(36(45)32(20)26)42-40-25-7-5-18(11-28(25)59-3)17-4-6-24(27(10-17)58-2)39-41-33-29(62(52,53)54)12-19-8-21(60(46,47)48)14-23(37)31(19)35(33)44/h4-15,44-45H,37H2,1-3H3,(H,38,43)(H,46,47,48)(H,49,50,51)(H,52,53,54)(H,55,56,57). The smallest absolute Gasteiger partial charge is 0.296 e. The Bertz CT molecular complexity index is 3470. The summed E-state index contributed by atoms with van der Waals surface area (Å²) < 4.78 is 147. The number of ether oxygens (including phenoxy) is 2. The lowest BCUT2D eigenvalue weighted by Gasteiger charge is -2.14. The molecule has 23 nitrogen and oxygen atoms in total. The van der Waals surface area contributed by atoms with Crippen LogP contribution in [-0.4, -0.2) is 82.2 Å². The maximum absolute atomic E-state index is 12.5. The Morgan fingerprint density at radius 2 is 0.984 bits per heavy atom. The van der Waals surface area contributed by atoms with E-state index < -0.39 is 94.5 Å².